The molecule has 146 valence electrons. The number of benzene rings is 2. The van der Waals surface area contributed by atoms with E-state index in [1.54, 1.807) is 25.3 Å². The van der Waals surface area contributed by atoms with Gasteiger partial charge < -0.3 is 19.3 Å². The maximum absolute atomic E-state index is 12.6. The number of aromatic nitrogens is 1. The summed E-state index contributed by atoms with van der Waals surface area (Å²) in [6, 6.07) is 14.6. The maximum Gasteiger partial charge on any atom is 0.251 e. The number of nitrogens with zero attached hydrogens (tertiary/aromatic N) is 1. The SMILES string of the molecule is COc1ccc([C@H](C)NC(=O)c2cccc(OCc3c(C)noc3C)c2)cc1. The summed E-state index contributed by atoms with van der Waals surface area (Å²) in [5.74, 6) is 1.97. The van der Waals surface area contributed by atoms with Gasteiger partial charge in [0.15, 0.2) is 0 Å². The Hall–Kier alpha value is -3.28. The molecule has 3 rings (SSSR count). The Morgan fingerprint density at radius 3 is 2.54 bits per heavy atom. The van der Waals surface area contributed by atoms with E-state index in [9.17, 15) is 4.79 Å². The lowest BCUT2D eigenvalue weighted by Crippen LogP contribution is -2.26. The predicted octanol–water partition coefficient (Wildman–Crippen LogP) is 4.37. The second-order valence-electron chi connectivity index (χ2n) is 6.59. The lowest BCUT2D eigenvalue weighted by Gasteiger charge is -2.15. The van der Waals surface area contributed by atoms with Gasteiger partial charge in [-0.15, -0.1) is 0 Å². The van der Waals surface area contributed by atoms with Gasteiger partial charge in [-0.2, -0.15) is 0 Å². The van der Waals surface area contributed by atoms with E-state index >= 15 is 0 Å². The van der Waals surface area contributed by atoms with Gasteiger partial charge >= 0.3 is 0 Å². The molecule has 1 aromatic heterocycles. The molecule has 0 aliphatic heterocycles. The summed E-state index contributed by atoms with van der Waals surface area (Å²) in [5.41, 5.74) is 3.26. The molecule has 6 heteroatoms. The van der Waals surface area contributed by atoms with Crippen LogP contribution in [0.5, 0.6) is 11.5 Å². The van der Waals surface area contributed by atoms with Crippen LogP contribution >= 0.6 is 0 Å². The fourth-order valence-electron chi connectivity index (χ4n) is 2.85. The smallest absolute Gasteiger partial charge is 0.251 e. The summed E-state index contributed by atoms with van der Waals surface area (Å²) in [6.07, 6.45) is 0. The lowest BCUT2D eigenvalue weighted by molar-refractivity contribution is 0.0939. The van der Waals surface area contributed by atoms with E-state index in [1.807, 2.05) is 51.1 Å². The van der Waals surface area contributed by atoms with Crippen LogP contribution in [-0.4, -0.2) is 18.2 Å². The highest BCUT2D eigenvalue weighted by molar-refractivity contribution is 5.94. The number of nitrogens with one attached hydrogen (secondary N) is 1. The monoisotopic (exact) mass is 380 g/mol. The van der Waals surface area contributed by atoms with Crippen molar-refractivity contribution in [2.75, 3.05) is 7.11 Å². The Kier molecular flexibility index (Phi) is 5.99. The minimum Gasteiger partial charge on any atom is -0.497 e. The van der Waals surface area contributed by atoms with Crippen molar-refractivity contribution in [3.8, 4) is 11.5 Å². The molecule has 28 heavy (non-hydrogen) atoms. The van der Waals surface area contributed by atoms with Crippen LogP contribution in [0.2, 0.25) is 0 Å². The number of carbonyl (C=O) groups is 1. The first-order valence-corrected chi connectivity index (χ1v) is 9.07. The fraction of sp³-hybridized carbons (Fsp3) is 0.273. The first-order valence-electron chi connectivity index (χ1n) is 9.07. The number of hydrogen-bond donors (Lipinski definition) is 1. The molecule has 1 atom stereocenters. The zero-order valence-electron chi connectivity index (χ0n) is 16.5. The molecule has 0 unspecified atom stereocenters. The number of amides is 1. The van der Waals surface area contributed by atoms with Crippen LogP contribution in [0, 0.1) is 13.8 Å². The van der Waals surface area contributed by atoms with Crippen molar-refractivity contribution in [2.45, 2.75) is 33.4 Å². The zero-order valence-corrected chi connectivity index (χ0v) is 16.5. The number of ether oxygens (including phenoxy) is 2. The topological polar surface area (TPSA) is 73.6 Å². The predicted molar refractivity (Wildman–Crippen MR) is 106 cm³/mol. The van der Waals surface area contributed by atoms with E-state index in [0.29, 0.717) is 17.9 Å². The highest BCUT2D eigenvalue weighted by Gasteiger charge is 2.13. The molecule has 0 aliphatic carbocycles. The third kappa shape index (κ3) is 4.52. The summed E-state index contributed by atoms with van der Waals surface area (Å²) in [4.78, 5) is 12.6. The minimum absolute atomic E-state index is 0.134. The van der Waals surface area contributed by atoms with Crippen LogP contribution in [0.1, 0.15) is 45.9 Å². The van der Waals surface area contributed by atoms with E-state index in [0.717, 1.165) is 28.3 Å². The van der Waals surface area contributed by atoms with Gasteiger partial charge in [0, 0.05) is 5.56 Å². The molecule has 0 fully saturated rings. The van der Waals surface area contributed by atoms with E-state index in [4.69, 9.17) is 14.0 Å². The van der Waals surface area contributed by atoms with Crippen LogP contribution in [0.3, 0.4) is 0 Å². The van der Waals surface area contributed by atoms with Crippen molar-refractivity contribution < 1.29 is 18.8 Å². The number of methoxy groups -OCH3 is 1. The molecule has 0 aliphatic rings. The third-order valence-electron chi connectivity index (χ3n) is 4.62. The number of carbonyl (C=O) groups excluding carboxylic acids is 1. The molecule has 1 N–H and O–H groups in total. The van der Waals surface area contributed by atoms with Gasteiger partial charge in [0.2, 0.25) is 0 Å². The molecule has 0 saturated heterocycles. The molecule has 0 radical (unpaired) electrons. The second-order valence-corrected chi connectivity index (χ2v) is 6.59. The molecule has 0 saturated carbocycles. The van der Waals surface area contributed by atoms with Gasteiger partial charge in [0.05, 0.1) is 24.4 Å². The van der Waals surface area contributed by atoms with Crippen LogP contribution in [0.4, 0.5) is 0 Å². The number of rotatable bonds is 7. The Morgan fingerprint density at radius 1 is 1.14 bits per heavy atom. The third-order valence-corrected chi connectivity index (χ3v) is 4.62. The summed E-state index contributed by atoms with van der Waals surface area (Å²) < 4.78 is 16.1. The molecule has 6 nitrogen and oxygen atoms in total. The quantitative estimate of drug-likeness (QED) is 0.659. The molecule has 1 amide bonds. The number of aryl methyl sites for hydroxylation is 2. The Morgan fingerprint density at radius 2 is 1.89 bits per heavy atom. The highest BCUT2D eigenvalue weighted by atomic mass is 16.5. The van der Waals surface area contributed by atoms with Gasteiger partial charge in [-0.05, 0) is 56.7 Å². The second kappa shape index (κ2) is 8.61. The minimum atomic E-state index is -0.161. The van der Waals surface area contributed by atoms with Crippen LogP contribution in [0.15, 0.2) is 53.1 Å². The van der Waals surface area contributed by atoms with Crippen LogP contribution < -0.4 is 14.8 Å². The molecule has 1 heterocycles. The van der Waals surface area contributed by atoms with E-state index in [2.05, 4.69) is 10.5 Å². The Bertz CT molecular complexity index is 928. The fourth-order valence-corrected chi connectivity index (χ4v) is 2.85. The summed E-state index contributed by atoms with van der Waals surface area (Å²) in [6.45, 7) is 6.01. The molecule has 0 spiro atoms. The molecular weight excluding hydrogens is 356 g/mol. The molecule has 0 bridgehead atoms. The highest BCUT2D eigenvalue weighted by Crippen LogP contribution is 2.20. The molecular formula is C22H24N2O4. The Labute approximate surface area is 164 Å². The molecule has 2 aromatic carbocycles. The van der Waals surface area contributed by atoms with Gasteiger partial charge in [-0.1, -0.05) is 23.4 Å². The van der Waals surface area contributed by atoms with Crippen molar-refractivity contribution in [3.63, 3.8) is 0 Å². The van der Waals surface area contributed by atoms with Gasteiger partial charge in [0.1, 0.15) is 23.9 Å². The Balaban J connectivity index is 1.64. The van der Waals surface area contributed by atoms with Crippen molar-refractivity contribution in [3.05, 3.63) is 76.7 Å². The standard InChI is InChI=1S/C22H24N2O4/c1-14(17-8-10-19(26-4)11-9-17)23-22(25)18-6-5-7-20(12-18)27-13-21-15(2)24-28-16(21)3/h5-12,14H,13H2,1-4H3,(H,23,25)/t14-/m0/s1. The van der Waals surface area contributed by atoms with Gasteiger partial charge in [0.25, 0.3) is 5.91 Å². The summed E-state index contributed by atoms with van der Waals surface area (Å²) in [5, 5.41) is 6.92. The molecule has 3 aromatic rings. The van der Waals surface area contributed by atoms with Crippen molar-refractivity contribution in [2.24, 2.45) is 0 Å². The van der Waals surface area contributed by atoms with E-state index in [-0.39, 0.29) is 11.9 Å². The van der Waals surface area contributed by atoms with Gasteiger partial charge in [-0.3, -0.25) is 4.79 Å². The lowest BCUT2D eigenvalue weighted by atomic mass is 10.1. The number of hydrogen-bond acceptors (Lipinski definition) is 5. The summed E-state index contributed by atoms with van der Waals surface area (Å²) >= 11 is 0. The van der Waals surface area contributed by atoms with E-state index in [1.165, 1.54) is 0 Å². The van der Waals surface area contributed by atoms with Crippen LogP contribution in [-0.2, 0) is 6.61 Å². The van der Waals surface area contributed by atoms with Crippen molar-refractivity contribution in [1.82, 2.24) is 10.5 Å². The summed E-state index contributed by atoms with van der Waals surface area (Å²) in [7, 11) is 1.63. The largest absolute Gasteiger partial charge is 0.497 e. The zero-order chi connectivity index (χ0) is 20.1. The van der Waals surface area contributed by atoms with Crippen molar-refractivity contribution >= 4 is 5.91 Å². The average molecular weight is 380 g/mol. The normalized spacial score (nSPS) is 11.7. The first-order chi connectivity index (χ1) is 13.5. The van der Waals surface area contributed by atoms with Crippen LogP contribution in [0.25, 0.3) is 0 Å². The average Bonchev–Trinajstić information content (AvgIpc) is 3.04. The van der Waals surface area contributed by atoms with Crippen molar-refractivity contribution in [1.29, 1.82) is 0 Å². The van der Waals surface area contributed by atoms with Gasteiger partial charge in [-0.25, -0.2) is 0 Å². The van der Waals surface area contributed by atoms with E-state index < -0.39 is 0 Å². The first kappa shape index (κ1) is 19.5. The maximum atomic E-state index is 12.6.